The number of benzene rings is 2. The molecule has 0 radical (unpaired) electrons. The number of aromatic hydroxyl groups is 1. The summed E-state index contributed by atoms with van der Waals surface area (Å²) in [5.41, 5.74) is 11.9. The Kier molecular flexibility index (Phi) is 15.2. The molecule has 0 aromatic heterocycles. The summed E-state index contributed by atoms with van der Waals surface area (Å²) in [7, 11) is 0. The molecule has 2 amide bonds. The second-order valence-corrected chi connectivity index (χ2v) is 11.7. The molecular weight excluding hydrogens is 653 g/mol. The molecule has 2 aromatic carbocycles. The maximum absolute atomic E-state index is 13.2. The number of phenols is 1. The number of unbranched alkanes of at least 4 members (excludes halogenated alkanes) is 1. The Bertz CT molecular complexity index is 1400. The van der Waals surface area contributed by atoms with Gasteiger partial charge >= 0.3 is 17.9 Å². The van der Waals surface area contributed by atoms with Crippen molar-refractivity contribution in [3.05, 3.63) is 45.9 Å². The van der Waals surface area contributed by atoms with Crippen molar-refractivity contribution in [1.82, 2.24) is 10.6 Å². The lowest BCUT2D eigenvalue weighted by atomic mass is 10.1. The van der Waals surface area contributed by atoms with Gasteiger partial charge in [0, 0.05) is 23.9 Å². The second-order valence-electron chi connectivity index (χ2n) is 9.85. The van der Waals surface area contributed by atoms with Gasteiger partial charge in [0.1, 0.15) is 23.9 Å². The monoisotopic (exact) mass is 687 g/mol. The number of hydrogen-bond donors (Lipinski definition) is 9. The number of carbonyl (C=O) groups excluding carboxylic acids is 2. The Morgan fingerprint density at radius 2 is 1.62 bits per heavy atom. The number of rotatable bonds is 19. The number of para-hydroxylation sites is 1. The van der Waals surface area contributed by atoms with Crippen LogP contribution in [-0.2, 0) is 30.4 Å². The van der Waals surface area contributed by atoms with Gasteiger partial charge in [0.25, 0.3) is 0 Å². The predicted molar refractivity (Wildman–Crippen MR) is 169 cm³/mol. The van der Waals surface area contributed by atoms with E-state index in [1.807, 2.05) is 0 Å². The van der Waals surface area contributed by atoms with Gasteiger partial charge in [0.05, 0.1) is 27.0 Å². The Morgan fingerprint density at radius 3 is 2.24 bits per heavy atom. The van der Waals surface area contributed by atoms with E-state index < -0.39 is 47.8 Å². The van der Waals surface area contributed by atoms with Crippen LogP contribution in [0.4, 0.5) is 11.4 Å². The van der Waals surface area contributed by atoms with Crippen LogP contribution in [0.3, 0.4) is 0 Å². The van der Waals surface area contributed by atoms with Gasteiger partial charge in [-0.1, -0.05) is 41.4 Å². The summed E-state index contributed by atoms with van der Waals surface area (Å²) in [4.78, 5) is 60.0. The van der Waals surface area contributed by atoms with Crippen molar-refractivity contribution < 1.29 is 44.4 Å². The summed E-state index contributed by atoms with van der Waals surface area (Å²) in [6.07, 6.45) is 0.188. The number of halogens is 2. The van der Waals surface area contributed by atoms with Crippen molar-refractivity contribution >= 4 is 76.1 Å². The quantitative estimate of drug-likeness (QED) is 0.0585. The number of carboxylic acid groups (broad SMARTS) is 3. The van der Waals surface area contributed by atoms with Gasteiger partial charge in [-0.3, -0.25) is 19.2 Å². The van der Waals surface area contributed by atoms with Crippen LogP contribution in [-0.4, -0.2) is 80.6 Å². The summed E-state index contributed by atoms with van der Waals surface area (Å²) in [5, 5.41) is 46.3. The summed E-state index contributed by atoms with van der Waals surface area (Å²) in [5.74, 6) is -5.83. The molecule has 2 aromatic rings. The van der Waals surface area contributed by atoms with E-state index in [0.29, 0.717) is 30.6 Å². The summed E-state index contributed by atoms with van der Waals surface area (Å²) >= 11 is 13.8. The van der Waals surface area contributed by atoms with E-state index in [-0.39, 0.29) is 57.8 Å². The SMILES string of the molecule is NCCCCC(NC(=O)C(CSc1c(O)cc(Cl)c(Nc2ccccc2CC(=O)O)c1Cl)NC(=O)CCC(N)C(=O)O)C(=O)O. The molecule has 14 nitrogen and oxygen atoms in total. The third-order valence-corrected chi connectivity index (χ3v) is 8.37. The van der Waals surface area contributed by atoms with E-state index in [4.69, 9.17) is 39.8 Å². The molecular formula is C28H35Cl2N5O9S. The van der Waals surface area contributed by atoms with E-state index in [1.54, 1.807) is 24.3 Å². The number of aliphatic carboxylic acids is 3. The highest BCUT2D eigenvalue weighted by Crippen LogP contribution is 2.45. The average Bonchev–Trinajstić information content (AvgIpc) is 2.97. The molecule has 17 heteroatoms. The second kappa shape index (κ2) is 18.3. The van der Waals surface area contributed by atoms with E-state index >= 15 is 0 Å². The van der Waals surface area contributed by atoms with Crippen LogP contribution < -0.4 is 27.4 Å². The molecule has 0 fully saturated rings. The highest BCUT2D eigenvalue weighted by atomic mass is 35.5. The number of phenolic OH excluding ortho intramolecular Hbond substituents is 1. The lowest BCUT2D eigenvalue weighted by Crippen LogP contribution is -2.52. The molecule has 246 valence electrons. The molecule has 2 rings (SSSR count). The number of anilines is 2. The lowest BCUT2D eigenvalue weighted by molar-refractivity contribution is -0.142. The third-order valence-electron chi connectivity index (χ3n) is 6.38. The van der Waals surface area contributed by atoms with Gasteiger partial charge in [-0.25, -0.2) is 4.79 Å². The van der Waals surface area contributed by atoms with Gasteiger partial charge in [-0.15, -0.1) is 11.8 Å². The summed E-state index contributed by atoms with van der Waals surface area (Å²) < 4.78 is 0. The molecule has 0 saturated carbocycles. The standard InChI is InChI=1S/C28H35Cl2N5O9S/c29-15-12-20(36)25(23(30)24(15)34-17-6-2-1-5-14(17)11-22(38)39)45-13-19(33-21(37)9-8-16(32)27(41)42)26(40)35-18(28(43)44)7-3-4-10-31/h1-2,5-6,12,16,18-19,34,36H,3-4,7-11,13,31-32H2,(H,33,37)(H,35,40)(H,38,39)(H,41,42)(H,43,44). The van der Waals surface area contributed by atoms with Crippen LogP contribution >= 0.6 is 35.0 Å². The number of carbonyl (C=O) groups is 5. The maximum Gasteiger partial charge on any atom is 0.326 e. The predicted octanol–water partition coefficient (Wildman–Crippen LogP) is 2.54. The van der Waals surface area contributed by atoms with Crippen molar-refractivity contribution in [3.8, 4) is 5.75 Å². The summed E-state index contributed by atoms with van der Waals surface area (Å²) in [6, 6.07) is 3.80. The highest BCUT2D eigenvalue weighted by molar-refractivity contribution is 7.99. The first kappa shape index (κ1) is 37.4. The molecule has 0 aliphatic heterocycles. The fourth-order valence-electron chi connectivity index (χ4n) is 3.98. The molecule has 11 N–H and O–H groups in total. The van der Waals surface area contributed by atoms with E-state index in [2.05, 4.69) is 16.0 Å². The molecule has 45 heavy (non-hydrogen) atoms. The zero-order valence-electron chi connectivity index (χ0n) is 23.9. The summed E-state index contributed by atoms with van der Waals surface area (Å²) in [6.45, 7) is 0.335. The van der Waals surface area contributed by atoms with Gasteiger partial charge in [0.2, 0.25) is 11.8 Å². The third kappa shape index (κ3) is 11.9. The first-order valence-corrected chi connectivity index (χ1v) is 15.4. The number of nitrogens with one attached hydrogen (secondary N) is 3. The van der Waals surface area contributed by atoms with Crippen LogP contribution in [0.25, 0.3) is 0 Å². The number of carboxylic acids is 3. The first-order valence-electron chi connectivity index (χ1n) is 13.7. The fourth-order valence-corrected chi connectivity index (χ4v) is 5.69. The Hall–Kier alpha value is -3.76. The van der Waals surface area contributed by atoms with Crippen LogP contribution in [0, 0.1) is 0 Å². The minimum atomic E-state index is -1.35. The Balaban J connectivity index is 2.34. The number of thioether (sulfide) groups is 1. The number of hydrogen-bond acceptors (Lipinski definition) is 10. The van der Waals surface area contributed by atoms with Crippen LogP contribution in [0.1, 0.15) is 37.7 Å². The van der Waals surface area contributed by atoms with E-state index in [1.165, 1.54) is 6.07 Å². The molecule has 0 aliphatic rings. The van der Waals surface area contributed by atoms with Crippen LogP contribution in [0.5, 0.6) is 5.75 Å². The molecule has 0 spiro atoms. The molecule has 0 aliphatic carbocycles. The topological polar surface area (TPSA) is 254 Å². The van der Waals surface area contributed by atoms with Crippen LogP contribution in [0.2, 0.25) is 10.0 Å². The van der Waals surface area contributed by atoms with Crippen molar-refractivity contribution in [2.24, 2.45) is 11.5 Å². The molecule has 3 atom stereocenters. The Morgan fingerprint density at radius 1 is 0.933 bits per heavy atom. The van der Waals surface area contributed by atoms with Crippen LogP contribution in [0.15, 0.2) is 35.2 Å². The minimum absolute atomic E-state index is 0.00567. The van der Waals surface area contributed by atoms with Gasteiger partial charge in [0.15, 0.2) is 0 Å². The zero-order valence-corrected chi connectivity index (χ0v) is 26.3. The minimum Gasteiger partial charge on any atom is -0.507 e. The number of nitrogens with two attached hydrogens (primary N) is 2. The molecule has 3 unspecified atom stereocenters. The van der Waals surface area contributed by atoms with Crippen molar-refractivity contribution in [2.75, 3.05) is 17.6 Å². The average molecular weight is 689 g/mol. The first-order chi connectivity index (χ1) is 21.2. The van der Waals surface area contributed by atoms with Gasteiger partial charge in [-0.05, 0) is 43.9 Å². The highest BCUT2D eigenvalue weighted by Gasteiger charge is 2.28. The Labute approximate surface area is 272 Å². The smallest absolute Gasteiger partial charge is 0.326 e. The van der Waals surface area contributed by atoms with Gasteiger partial charge < -0.3 is 47.8 Å². The molecule has 0 saturated heterocycles. The van der Waals surface area contributed by atoms with Crippen molar-refractivity contribution in [1.29, 1.82) is 0 Å². The normalized spacial score (nSPS) is 12.9. The van der Waals surface area contributed by atoms with Crippen molar-refractivity contribution in [2.45, 2.75) is 61.5 Å². The largest absolute Gasteiger partial charge is 0.507 e. The fraction of sp³-hybridized carbons (Fsp3) is 0.393. The maximum atomic E-state index is 13.2. The van der Waals surface area contributed by atoms with Crippen molar-refractivity contribution in [3.63, 3.8) is 0 Å². The van der Waals surface area contributed by atoms with E-state index in [0.717, 1.165) is 11.8 Å². The number of amides is 2. The zero-order chi connectivity index (χ0) is 33.7. The van der Waals surface area contributed by atoms with Gasteiger partial charge in [-0.2, -0.15) is 0 Å². The lowest BCUT2D eigenvalue weighted by Gasteiger charge is -2.22. The molecule has 0 bridgehead atoms. The molecule has 0 heterocycles. The van der Waals surface area contributed by atoms with E-state index in [9.17, 15) is 39.3 Å².